The van der Waals surface area contributed by atoms with Crippen LogP contribution in [0.25, 0.3) is 0 Å². The molecule has 0 radical (unpaired) electrons. The molecule has 2 aromatic carbocycles. The lowest BCUT2D eigenvalue weighted by molar-refractivity contribution is -0.128. The Morgan fingerprint density at radius 2 is 1.65 bits per heavy atom. The average Bonchev–Trinajstić information content (AvgIpc) is 2.77. The van der Waals surface area contributed by atoms with Gasteiger partial charge in [-0.25, -0.2) is 0 Å². The molecule has 0 saturated heterocycles. The van der Waals surface area contributed by atoms with Crippen LogP contribution in [0.5, 0.6) is 5.75 Å². The molecule has 1 saturated carbocycles. The quantitative estimate of drug-likeness (QED) is 0.828. The molecule has 1 aliphatic carbocycles. The molecule has 2 N–H and O–H groups in total. The molecule has 0 bridgehead atoms. The molecule has 3 unspecified atom stereocenters. The normalized spacial score (nSPS) is 26.6. The number of methoxy groups -OCH3 is 1. The van der Waals surface area contributed by atoms with Crippen LogP contribution in [0.4, 0.5) is 11.4 Å². The van der Waals surface area contributed by atoms with Crippen molar-refractivity contribution in [1.29, 1.82) is 0 Å². The van der Waals surface area contributed by atoms with Gasteiger partial charge in [0.05, 0.1) is 30.4 Å². The molecule has 2 aromatic rings. The summed E-state index contributed by atoms with van der Waals surface area (Å²) in [5, 5.41) is 7.31. The number of carbonyl (C=O) groups excluding carboxylic acids is 1. The predicted octanol–water partition coefficient (Wildman–Crippen LogP) is 4.65. The van der Waals surface area contributed by atoms with Crippen molar-refractivity contribution in [3.63, 3.8) is 0 Å². The van der Waals surface area contributed by atoms with Crippen molar-refractivity contribution in [2.45, 2.75) is 38.8 Å². The molecule has 1 fully saturated rings. The maximum atomic E-state index is 13.2. The van der Waals surface area contributed by atoms with Gasteiger partial charge in [0, 0.05) is 12.5 Å². The van der Waals surface area contributed by atoms with E-state index in [0.29, 0.717) is 12.2 Å². The molecule has 1 heterocycles. The van der Waals surface area contributed by atoms with Gasteiger partial charge in [-0.1, -0.05) is 38.1 Å². The number of nitrogens with one attached hydrogen (secondary N) is 2. The van der Waals surface area contributed by atoms with Crippen molar-refractivity contribution in [1.82, 2.24) is 0 Å². The minimum absolute atomic E-state index is 0.0228. The molecule has 2 aliphatic rings. The van der Waals surface area contributed by atoms with E-state index < -0.39 is 0 Å². The van der Waals surface area contributed by atoms with Crippen molar-refractivity contribution in [3.8, 4) is 5.75 Å². The fourth-order valence-corrected chi connectivity index (χ4v) is 4.46. The van der Waals surface area contributed by atoms with Crippen LogP contribution in [0.15, 0.2) is 48.5 Å². The number of ether oxygens (including phenoxy) is 1. The van der Waals surface area contributed by atoms with Gasteiger partial charge >= 0.3 is 0 Å². The van der Waals surface area contributed by atoms with Gasteiger partial charge in [-0.15, -0.1) is 0 Å². The lowest BCUT2D eigenvalue weighted by atomic mass is 9.66. The molecule has 3 atom stereocenters. The Bertz CT molecular complexity index is 813. The van der Waals surface area contributed by atoms with E-state index in [4.69, 9.17) is 4.74 Å². The van der Waals surface area contributed by atoms with Crippen LogP contribution in [0, 0.1) is 11.3 Å². The van der Waals surface area contributed by atoms with E-state index in [1.807, 2.05) is 24.3 Å². The highest BCUT2D eigenvalue weighted by atomic mass is 16.5. The van der Waals surface area contributed by atoms with Crippen LogP contribution in [0.3, 0.4) is 0 Å². The van der Waals surface area contributed by atoms with Crippen LogP contribution in [-0.2, 0) is 4.79 Å². The number of anilines is 2. The largest absolute Gasteiger partial charge is 0.497 e. The lowest BCUT2D eigenvalue weighted by Crippen LogP contribution is -2.47. The van der Waals surface area contributed by atoms with Crippen molar-refractivity contribution in [2.24, 2.45) is 11.3 Å². The number of hydrogen-bond donors (Lipinski definition) is 2. The Morgan fingerprint density at radius 3 is 2.31 bits per heavy atom. The number of hydrogen-bond acceptors (Lipinski definition) is 4. The van der Waals surface area contributed by atoms with Crippen LogP contribution >= 0.6 is 0 Å². The third-order valence-electron chi connectivity index (χ3n) is 5.64. The second-order valence-corrected chi connectivity index (χ2v) is 8.23. The first-order valence-electron chi connectivity index (χ1n) is 9.26. The van der Waals surface area contributed by atoms with Crippen LogP contribution < -0.4 is 15.4 Å². The number of Topliss-reactive ketones (excluding diaryl/α,β-unsaturated/α-hetero) is 1. The molecular weight excluding hydrogens is 324 g/mol. The van der Waals surface area contributed by atoms with E-state index in [1.54, 1.807) is 7.11 Å². The van der Waals surface area contributed by atoms with Gasteiger partial charge in [0.25, 0.3) is 0 Å². The maximum absolute atomic E-state index is 13.2. The van der Waals surface area contributed by atoms with Crippen LogP contribution in [0.2, 0.25) is 0 Å². The third kappa shape index (κ3) is 3.05. The van der Waals surface area contributed by atoms with Crippen molar-refractivity contribution in [2.75, 3.05) is 17.7 Å². The highest BCUT2D eigenvalue weighted by Crippen LogP contribution is 2.46. The van der Waals surface area contributed by atoms with Gasteiger partial charge in [0.2, 0.25) is 0 Å². The SMILES string of the molecule is COc1ccc(C2Nc3ccccc3NC3CC(C)(C)CC(=O)C32)cc1. The lowest BCUT2D eigenvalue weighted by Gasteiger charge is -2.42. The van der Waals surface area contributed by atoms with E-state index in [1.165, 1.54) is 0 Å². The minimum atomic E-state index is -0.0937. The summed E-state index contributed by atoms with van der Waals surface area (Å²) in [6, 6.07) is 16.4. The summed E-state index contributed by atoms with van der Waals surface area (Å²) in [6.07, 6.45) is 1.60. The highest BCUT2D eigenvalue weighted by Gasteiger charge is 2.46. The number of ketones is 1. The summed E-state index contributed by atoms with van der Waals surface area (Å²) in [5.41, 5.74) is 3.26. The van der Waals surface area contributed by atoms with E-state index in [-0.39, 0.29) is 23.4 Å². The molecule has 136 valence electrons. The summed E-state index contributed by atoms with van der Waals surface area (Å²) in [6.45, 7) is 4.38. The summed E-state index contributed by atoms with van der Waals surface area (Å²) in [4.78, 5) is 13.2. The first-order valence-corrected chi connectivity index (χ1v) is 9.26. The molecule has 26 heavy (non-hydrogen) atoms. The first kappa shape index (κ1) is 17.0. The van der Waals surface area contributed by atoms with E-state index in [0.717, 1.165) is 29.1 Å². The van der Waals surface area contributed by atoms with Crippen molar-refractivity contribution < 1.29 is 9.53 Å². The fourth-order valence-electron chi connectivity index (χ4n) is 4.46. The molecule has 0 amide bonds. The fraction of sp³-hybridized carbons (Fsp3) is 0.409. The van der Waals surface area contributed by atoms with Crippen molar-refractivity contribution in [3.05, 3.63) is 54.1 Å². The Labute approximate surface area is 155 Å². The molecule has 4 heteroatoms. The number of fused-ring (bicyclic) bond motifs is 2. The van der Waals surface area contributed by atoms with Gasteiger partial charge in [0.1, 0.15) is 11.5 Å². The zero-order valence-corrected chi connectivity index (χ0v) is 15.6. The number of rotatable bonds is 2. The first-order chi connectivity index (χ1) is 12.5. The van der Waals surface area contributed by atoms with Crippen LogP contribution in [0.1, 0.15) is 38.3 Å². The van der Waals surface area contributed by atoms with Gasteiger partial charge in [-0.2, -0.15) is 0 Å². The standard InChI is InChI=1S/C22H26N2O2/c1-22(2)12-18-20(19(25)13-22)21(14-8-10-15(26-3)11-9-14)24-17-7-5-4-6-16(17)23-18/h4-11,18,20-21,23-24H,12-13H2,1-3H3. The molecule has 4 nitrogen and oxygen atoms in total. The third-order valence-corrected chi connectivity index (χ3v) is 5.64. The summed E-state index contributed by atoms with van der Waals surface area (Å²) >= 11 is 0. The van der Waals surface area contributed by atoms with E-state index in [2.05, 4.69) is 48.7 Å². The number of benzene rings is 2. The van der Waals surface area contributed by atoms with Gasteiger partial charge in [-0.3, -0.25) is 4.79 Å². The highest BCUT2D eigenvalue weighted by molar-refractivity contribution is 5.87. The average molecular weight is 350 g/mol. The number of para-hydroxylation sites is 2. The van der Waals surface area contributed by atoms with Gasteiger partial charge < -0.3 is 15.4 Å². The maximum Gasteiger partial charge on any atom is 0.140 e. The monoisotopic (exact) mass is 350 g/mol. The Kier molecular flexibility index (Phi) is 4.14. The second-order valence-electron chi connectivity index (χ2n) is 8.23. The van der Waals surface area contributed by atoms with E-state index >= 15 is 0 Å². The second kappa shape index (κ2) is 6.35. The minimum Gasteiger partial charge on any atom is -0.497 e. The molecule has 0 aromatic heterocycles. The topological polar surface area (TPSA) is 50.4 Å². The molecule has 0 spiro atoms. The smallest absolute Gasteiger partial charge is 0.140 e. The van der Waals surface area contributed by atoms with Crippen LogP contribution in [-0.4, -0.2) is 18.9 Å². The van der Waals surface area contributed by atoms with E-state index in [9.17, 15) is 4.79 Å². The summed E-state index contributed by atoms with van der Waals surface area (Å²) < 4.78 is 5.29. The molecule has 1 aliphatic heterocycles. The Morgan fingerprint density at radius 1 is 1.00 bits per heavy atom. The van der Waals surface area contributed by atoms with Gasteiger partial charge in [0.15, 0.2) is 0 Å². The molecule has 4 rings (SSSR count). The van der Waals surface area contributed by atoms with Gasteiger partial charge in [-0.05, 0) is 41.7 Å². The molecular formula is C22H26N2O2. The summed E-state index contributed by atoms with van der Waals surface area (Å²) in [5.74, 6) is 1.07. The Hall–Kier alpha value is -2.49. The predicted molar refractivity (Wildman–Crippen MR) is 105 cm³/mol. The zero-order chi connectivity index (χ0) is 18.3. The zero-order valence-electron chi connectivity index (χ0n) is 15.6. The Balaban J connectivity index is 1.78. The summed E-state index contributed by atoms with van der Waals surface area (Å²) in [7, 11) is 1.67. The number of carbonyl (C=O) groups is 1. The van der Waals surface area contributed by atoms with Crippen molar-refractivity contribution >= 4 is 17.2 Å².